The molecule has 0 radical (unpaired) electrons. The fourth-order valence-corrected chi connectivity index (χ4v) is 4.11. The van der Waals surface area contributed by atoms with Crippen LogP contribution in [0.1, 0.15) is 26.3 Å². The van der Waals surface area contributed by atoms with Gasteiger partial charge in [-0.1, -0.05) is 29.8 Å². The molecule has 10 heteroatoms. The molecule has 4 aromatic rings. The Balaban J connectivity index is 1.61. The third kappa shape index (κ3) is 7.72. The van der Waals surface area contributed by atoms with Crippen LogP contribution in [0.3, 0.4) is 0 Å². The first-order chi connectivity index (χ1) is 22.2. The summed E-state index contributed by atoms with van der Waals surface area (Å²) in [5.41, 5.74) is 2.35. The Morgan fingerprint density at radius 1 is 1.20 bits per heavy atom. The van der Waals surface area contributed by atoms with Crippen LogP contribution in [0, 0.1) is 17.1 Å². The van der Waals surface area contributed by atoms with Crippen LogP contribution >= 0.6 is 11.6 Å². The lowest BCUT2D eigenvalue weighted by Crippen LogP contribution is -2.13. The molecule has 1 heterocycles. The molecule has 0 aliphatic rings. The second-order valence-corrected chi connectivity index (χ2v) is 9.06. The number of halogens is 2. The van der Waals surface area contributed by atoms with E-state index in [0.717, 1.165) is 12.2 Å². The van der Waals surface area contributed by atoms with Crippen LogP contribution in [-0.4, -0.2) is 42.9 Å². The number of aromatic nitrogens is 1. The van der Waals surface area contributed by atoms with Gasteiger partial charge in [0.25, 0.3) is 0 Å². The normalized spacial score (nSPS) is 13.8. The lowest BCUT2D eigenvalue weighted by molar-refractivity contribution is -0.111. The van der Waals surface area contributed by atoms with Crippen molar-refractivity contribution in [2.24, 2.45) is 0 Å². The van der Waals surface area contributed by atoms with Gasteiger partial charge in [0, 0.05) is 44.2 Å². The molecule has 0 saturated heterocycles. The van der Waals surface area contributed by atoms with Gasteiger partial charge in [0.15, 0.2) is 0 Å². The van der Waals surface area contributed by atoms with Crippen molar-refractivity contribution in [3.05, 3.63) is 94.9 Å². The van der Waals surface area contributed by atoms with E-state index in [9.17, 15) is 14.4 Å². The number of carbonyl (C=O) groups is 1. The van der Waals surface area contributed by atoms with Crippen LogP contribution < -0.4 is 20.1 Å². The smallest absolute Gasteiger partial charge is 0.248 e. The molecule has 0 bridgehead atoms. The zero-order chi connectivity index (χ0) is 34.4. The SMILES string of the molecule is [2H]C([2H])([2H])N(CC=CC(=O)Nc1cc2c(Nc3ccc(OCc4cccc(F)c4)c(Cl)c3)c(C#N)cnc2cc1OCC)C([2H])([2H])[2H]. The first-order valence-corrected chi connectivity index (χ1v) is 12.8. The van der Waals surface area contributed by atoms with Crippen molar-refractivity contribution in [1.29, 1.82) is 5.26 Å². The number of hydrogen-bond acceptors (Lipinski definition) is 7. The number of hydrogen-bond donors (Lipinski definition) is 2. The molecule has 2 N–H and O–H groups in total. The Labute approximate surface area is 251 Å². The summed E-state index contributed by atoms with van der Waals surface area (Å²) in [5.74, 6) is -0.419. The van der Waals surface area contributed by atoms with E-state index in [1.807, 2.05) is 0 Å². The molecule has 0 fully saturated rings. The molecule has 0 aliphatic carbocycles. The number of rotatable bonds is 11. The van der Waals surface area contributed by atoms with Crippen LogP contribution in [0.2, 0.25) is 5.02 Å². The molecule has 0 saturated carbocycles. The predicted octanol–water partition coefficient (Wildman–Crippen LogP) is 6.68. The monoisotopic (exact) mass is 579 g/mol. The van der Waals surface area contributed by atoms with Gasteiger partial charge in [0.05, 0.1) is 34.1 Å². The summed E-state index contributed by atoms with van der Waals surface area (Å²) in [6, 6.07) is 16.2. The molecule has 41 heavy (non-hydrogen) atoms. The number of nitrogens with zero attached hydrogens (tertiary/aromatic N) is 3. The maximum Gasteiger partial charge on any atom is 0.248 e. The average Bonchev–Trinajstić information content (AvgIpc) is 2.98. The van der Waals surface area contributed by atoms with Crippen molar-refractivity contribution in [2.75, 3.05) is 37.7 Å². The second kappa shape index (κ2) is 13.6. The van der Waals surface area contributed by atoms with Crippen LogP contribution in [0.4, 0.5) is 21.5 Å². The molecule has 0 spiro atoms. The zero-order valence-electron chi connectivity index (χ0n) is 27.9. The van der Waals surface area contributed by atoms with Crippen molar-refractivity contribution < 1.29 is 26.9 Å². The Bertz CT molecular complexity index is 1830. The van der Waals surface area contributed by atoms with Gasteiger partial charge < -0.3 is 25.0 Å². The number of fused-ring (bicyclic) bond motifs is 1. The minimum Gasteiger partial charge on any atom is -0.492 e. The van der Waals surface area contributed by atoms with Crippen molar-refractivity contribution in [2.45, 2.75) is 13.5 Å². The van der Waals surface area contributed by atoms with Crippen LogP contribution in [0.15, 0.2) is 72.9 Å². The molecule has 0 aliphatic heterocycles. The summed E-state index contributed by atoms with van der Waals surface area (Å²) in [7, 11) is 0. The summed E-state index contributed by atoms with van der Waals surface area (Å²) >= 11 is 6.48. The number of pyridine rings is 1. The third-order valence-corrected chi connectivity index (χ3v) is 5.98. The van der Waals surface area contributed by atoms with Gasteiger partial charge in [-0.25, -0.2) is 4.39 Å². The molecule has 4 rings (SSSR count). The average molecular weight is 580 g/mol. The molecule has 8 nitrogen and oxygen atoms in total. The lowest BCUT2D eigenvalue weighted by atomic mass is 10.1. The second-order valence-electron chi connectivity index (χ2n) is 8.65. The van der Waals surface area contributed by atoms with E-state index in [-0.39, 0.29) is 41.1 Å². The largest absolute Gasteiger partial charge is 0.492 e. The van der Waals surface area contributed by atoms with Crippen molar-refractivity contribution >= 4 is 45.5 Å². The number of benzene rings is 3. The van der Waals surface area contributed by atoms with E-state index in [1.54, 1.807) is 49.4 Å². The number of likely N-dealkylation sites (N-methyl/N-ethyl adjacent to an activating group) is 1. The van der Waals surface area contributed by atoms with Gasteiger partial charge in [-0.15, -0.1) is 0 Å². The quantitative estimate of drug-likeness (QED) is 0.191. The summed E-state index contributed by atoms with van der Waals surface area (Å²) in [6.07, 6.45) is 3.54. The molecule has 3 aromatic carbocycles. The Hall–Kier alpha value is -4.65. The maximum atomic E-state index is 13.5. The molecule has 1 aromatic heterocycles. The number of carbonyl (C=O) groups excluding carboxylic acids is 1. The van der Waals surface area contributed by atoms with Crippen LogP contribution in [0.5, 0.6) is 11.5 Å². The van der Waals surface area contributed by atoms with Crippen LogP contribution in [0.25, 0.3) is 10.9 Å². The third-order valence-electron chi connectivity index (χ3n) is 5.69. The standard InChI is InChI=1S/C31H29ClFN5O3/c1-4-40-29-16-26-24(15-27(29)37-30(39)9-6-12-38(2)3)31(21(17-34)18-35-26)36-23-10-11-28(25(32)14-23)41-19-20-7-5-8-22(33)13-20/h5-11,13-16,18H,4,12,19H2,1-3H3,(H,35,36)(H,37,39)/i2D3,3D3. The van der Waals surface area contributed by atoms with Crippen molar-refractivity contribution in [3.8, 4) is 17.6 Å². The zero-order valence-corrected chi connectivity index (χ0v) is 22.6. The highest BCUT2D eigenvalue weighted by Gasteiger charge is 2.16. The first-order valence-electron chi connectivity index (χ1n) is 15.4. The topological polar surface area (TPSA) is 99.5 Å². The Morgan fingerprint density at radius 3 is 2.78 bits per heavy atom. The first kappa shape index (κ1) is 22.1. The maximum absolute atomic E-state index is 13.5. The fraction of sp³-hybridized carbons (Fsp3) is 0.194. The van der Waals surface area contributed by atoms with E-state index in [0.29, 0.717) is 38.5 Å². The highest BCUT2D eigenvalue weighted by atomic mass is 35.5. The fourth-order valence-electron chi connectivity index (χ4n) is 3.88. The number of amides is 1. The number of ether oxygens (including phenoxy) is 2. The molecular formula is C31H29ClFN5O3. The molecule has 0 atom stereocenters. The lowest BCUT2D eigenvalue weighted by Gasteiger charge is -2.16. The van der Waals surface area contributed by atoms with Gasteiger partial charge in [0.2, 0.25) is 5.91 Å². The summed E-state index contributed by atoms with van der Waals surface area (Å²) < 4.78 is 69.8. The van der Waals surface area contributed by atoms with E-state index in [1.165, 1.54) is 18.3 Å². The van der Waals surface area contributed by atoms with E-state index >= 15 is 0 Å². The van der Waals surface area contributed by atoms with Crippen LogP contribution in [-0.2, 0) is 11.4 Å². The number of nitriles is 1. The summed E-state index contributed by atoms with van der Waals surface area (Å²) in [5, 5.41) is 16.4. The highest BCUT2D eigenvalue weighted by molar-refractivity contribution is 6.32. The van der Waals surface area contributed by atoms with E-state index in [2.05, 4.69) is 21.7 Å². The van der Waals surface area contributed by atoms with Gasteiger partial charge >= 0.3 is 0 Å². The Kier molecular flexibility index (Phi) is 7.33. The van der Waals surface area contributed by atoms with Crippen molar-refractivity contribution in [3.63, 3.8) is 0 Å². The van der Waals surface area contributed by atoms with Gasteiger partial charge in [-0.3, -0.25) is 9.78 Å². The molecule has 0 unspecified atom stereocenters. The Morgan fingerprint density at radius 2 is 2.05 bits per heavy atom. The minimum atomic E-state index is -2.90. The summed E-state index contributed by atoms with van der Waals surface area (Å²) in [6.45, 7) is -4.23. The van der Waals surface area contributed by atoms with E-state index in [4.69, 9.17) is 29.3 Å². The number of anilines is 3. The van der Waals surface area contributed by atoms with Gasteiger partial charge in [0.1, 0.15) is 30.0 Å². The number of nitrogens with one attached hydrogen (secondary N) is 2. The highest BCUT2D eigenvalue weighted by Crippen LogP contribution is 2.37. The molecular weight excluding hydrogens is 545 g/mol. The van der Waals surface area contributed by atoms with Crippen molar-refractivity contribution in [1.82, 2.24) is 9.88 Å². The van der Waals surface area contributed by atoms with Gasteiger partial charge in [-0.05, 0) is 62.8 Å². The summed E-state index contributed by atoms with van der Waals surface area (Å²) in [4.78, 5) is 17.5. The molecule has 1 amide bonds. The predicted molar refractivity (Wildman–Crippen MR) is 159 cm³/mol. The molecule has 210 valence electrons. The van der Waals surface area contributed by atoms with E-state index < -0.39 is 26.4 Å². The van der Waals surface area contributed by atoms with Gasteiger partial charge in [-0.2, -0.15) is 5.26 Å². The minimum absolute atomic E-state index is 0.0981.